The Morgan fingerprint density at radius 1 is 0.773 bits per heavy atom. The Labute approximate surface area is 391 Å². The van der Waals surface area contributed by atoms with Gasteiger partial charge in [0.05, 0.1) is 19.3 Å². The highest BCUT2D eigenvalue weighted by atomic mass is 16.6. The first kappa shape index (κ1) is 49.0. The maximum atomic E-state index is 12.5. The Morgan fingerprint density at radius 3 is 2.00 bits per heavy atom. The Balaban J connectivity index is 1.12. The van der Waals surface area contributed by atoms with Crippen LogP contribution in [0.1, 0.15) is 80.7 Å². The second-order valence-corrected chi connectivity index (χ2v) is 17.0. The van der Waals surface area contributed by atoms with E-state index in [1.54, 1.807) is 0 Å². The minimum atomic E-state index is -0.799. The van der Waals surface area contributed by atoms with Gasteiger partial charge in [-0.25, -0.2) is 9.59 Å². The average molecular weight is 889 g/mol. The van der Waals surface area contributed by atoms with Crippen LogP contribution in [0.4, 0.5) is 5.69 Å². The molecule has 1 aliphatic carbocycles. The summed E-state index contributed by atoms with van der Waals surface area (Å²) < 4.78 is 28.5. The van der Waals surface area contributed by atoms with Gasteiger partial charge < -0.3 is 28.6 Å². The van der Waals surface area contributed by atoms with Crippen molar-refractivity contribution in [2.24, 2.45) is 5.92 Å². The van der Waals surface area contributed by atoms with Gasteiger partial charge in [-0.05, 0) is 110 Å². The SMILES string of the molecule is C=CC(=O)OCCOC(=O)/C(C#N)=C/c1ccc(N(CCOCC)CC(C)OCC(C)Oc2ccc(C(c3ccc(C)cc3)(c3ccc(-c4ccccc4)cc3)C3CCCCC3)cc2)cc1. The number of nitriles is 1. The molecule has 1 fully saturated rings. The van der Waals surface area contributed by atoms with E-state index in [-0.39, 0.29) is 36.4 Å². The fraction of sp³-hybridized carbons (Fsp3) is 0.351. The van der Waals surface area contributed by atoms with Crippen LogP contribution in [0.3, 0.4) is 0 Å². The zero-order valence-corrected chi connectivity index (χ0v) is 39.0. The van der Waals surface area contributed by atoms with Crippen molar-refractivity contribution >= 4 is 23.7 Å². The molecule has 6 rings (SSSR count). The van der Waals surface area contributed by atoms with Gasteiger partial charge in [-0.15, -0.1) is 0 Å². The molecule has 5 aromatic carbocycles. The van der Waals surface area contributed by atoms with Gasteiger partial charge in [0.15, 0.2) is 0 Å². The first-order chi connectivity index (χ1) is 32.1. The minimum Gasteiger partial charge on any atom is -0.488 e. The Hall–Kier alpha value is -6.47. The number of rotatable bonds is 23. The summed E-state index contributed by atoms with van der Waals surface area (Å²) in [4.78, 5) is 25.9. The first-order valence-electron chi connectivity index (χ1n) is 23.3. The summed E-state index contributed by atoms with van der Waals surface area (Å²) >= 11 is 0. The zero-order valence-electron chi connectivity index (χ0n) is 39.0. The summed E-state index contributed by atoms with van der Waals surface area (Å²) in [5, 5.41) is 9.62. The molecule has 5 aromatic rings. The molecule has 0 radical (unpaired) electrons. The third-order valence-electron chi connectivity index (χ3n) is 12.3. The van der Waals surface area contributed by atoms with E-state index < -0.39 is 11.9 Å². The van der Waals surface area contributed by atoms with Gasteiger partial charge in [-0.2, -0.15) is 5.26 Å². The van der Waals surface area contributed by atoms with E-state index in [1.165, 1.54) is 71.6 Å². The molecule has 344 valence electrons. The highest BCUT2D eigenvalue weighted by molar-refractivity contribution is 5.98. The minimum absolute atomic E-state index is 0.132. The van der Waals surface area contributed by atoms with Crippen LogP contribution in [0.25, 0.3) is 17.2 Å². The molecule has 1 aliphatic rings. The van der Waals surface area contributed by atoms with Crippen LogP contribution in [0, 0.1) is 24.2 Å². The number of ether oxygens (including phenoxy) is 5. The van der Waals surface area contributed by atoms with Crippen molar-refractivity contribution < 1.29 is 33.3 Å². The third-order valence-corrected chi connectivity index (χ3v) is 12.3. The van der Waals surface area contributed by atoms with Gasteiger partial charge in [0.2, 0.25) is 0 Å². The quantitative estimate of drug-likeness (QED) is 0.0208. The lowest BCUT2D eigenvalue weighted by atomic mass is 9.58. The van der Waals surface area contributed by atoms with Crippen LogP contribution in [0.5, 0.6) is 5.75 Å². The predicted octanol–water partition coefficient (Wildman–Crippen LogP) is 11.5. The smallest absolute Gasteiger partial charge is 0.349 e. The molecule has 66 heavy (non-hydrogen) atoms. The summed E-state index contributed by atoms with van der Waals surface area (Å²) in [5.74, 6) is -0.169. The summed E-state index contributed by atoms with van der Waals surface area (Å²) in [6.07, 6.45) is 8.25. The number of hydrogen-bond acceptors (Lipinski definition) is 9. The number of carbonyl (C=O) groups is 2. The Morgan fingerprint density at radius 2 is 1.38 bits per heavy atom. The van der Waals surface area contributed by atoms with Crippen molar-refractivity contribution in [1.29, 1.82) is 5.26 Å². The van der Waals surface area contributed by atoms with Gasteiger partial charge in [0.1, 0.15) is 36.7 Å². The topological polar surface area (TPSA) is 107 Å². The molecule has 0 spiro atoms. The number of hydrogen-bond donors (Lipinski definition) is 0. The van der Waals surface area contributed by atoms with Crippen molar-refractivity contribution in [3.05, 3.63) is 173 Å². The van der Waals surface area contributed by atoms with Crippen molar-refractivity contribution in [2.75, 3.05) is 51.0 Å². The summed E-state index contributed by atoms with van der Waals surface area (Å²) in [6, 6.07) is 47.4. The zero-order chi connectivity index (χ0) is 46.7. The number of aryl methyl sites for hydroxylation is 1. The van der Waals surface area contributed by atoms with Crippen molar-refractivity contribution in [2.45, 2.75) is 77.4 Å². The predicted molar refractivity (Wildman–Crippen MR) is 262 cm³/mol. The summed E-state index contributed by atoms with van der Waals surface area (Å²) in [6.45, 7) is 14.0. The first-order valence-corrected chi connectivity index (χ1v) is 23.3. The van der Waals surface area contributed by atoms with E-state index in [0.717, 1.165) is 17.5 Å². The van der Waals surface area contributed by atoms with Crippen molar-refractivity contribution in [1.82, 2.24) is 0 Å². The standard InChI is InChI=1S/C57H64N2O7/c1-6-55(60)63-36-37-64-56(61)48(39-58)38-45-20-30-53(31-21-45)59(34-35-62-7-2)40-43(4)65-41-44(5)66-54-32-28-52(29-33-54)57(49-16-12-9-13-17-49,50-24-18-42(3)19-25-50)51-26-22-47(23-27-51)46-14-10-8-11-15-46/h6,8,10-11,14-15,18-33,38,43-44,49H,1,7,9,12-13,16-17,34-37,40-41H2,2-5H3/b48-38+. The fourth-order valence-electron chi connectivity index (χ4n) is 8.98. The molecule has 0 amide bonds. The molecule has 0 aliphatic heterocycles. The number of anilines is 1. The van der Waals surface area contributed by atoms with Crippen LogP contribution >= 0.6 is 0 Å². The fourth-order valence-corrected chi connectivity index (χ4v) is 8.98. The molecule has 0 N–H and O–H groups in total. The van der Waals surface area contributed by atoms with Crippen molar-refractivity contribution in [3.8, 4) is 22.9 Å². The van der Waals surface area contributed by atoms with E-state index in [9.17, 15) is 14.9 Å². The van der Waals surface area contributed by atoms with Crippen LogP contribution in [-0.4, -0.2) is 70.3 Å². The maximum absolute atomic E-state index is 12.5. The van der Waals surface area contributed by atoms with Crippen molar-refractivity contribution in [3.63, 3.8) is 0 Å². The van der Waals surface area contributed by atoms with E-state index in [2.05, 4.69) is 128 Å². The van der Waals surface area contributed by atoms with Crippen LogP contribution in [0.15, 0.2) is 146 Å². The molecule has 0 bridgehead atoms. The van der Waals surface area contributed by atoms with Crippen LogP contribution in [-0.2, 0) is 34.0 Å². The highest BCUT2D eigenvalue weighted by Gasteiger charge is 2.44. The van der Waals surface area contributed by atoms with Gasteiger partial charge in [-0.1, -0.05) is 135 Å². The molecule has 1 saturated carbocycles. The van der Waals surface area contributed by atoms with Gasteiger partial charge in [-0.3, -0.25) is 0 Å². The van der Waals surface area contributed by atoms with E-state index in [1.807, 2.05) is 44.2 Å². The number of benzene rings is 5. The molecule has 3 unspecified atom stereocenters. The van der Waals surface area contributed by atoms with Crippen LogP contribution < -0.4 is 9.64 Å². The monoisotopic (exact) mass is 888 g/mol. The van der Waals surface area contributed by atoms with Gasteiger partial charge in [0, 0.05) is 36.9 Å². The normalized spacial score (nSPS) is 14.8. The summed E-state index contributed by atoms with van der Waals surface area (Å²) in [5.41, 5.74) is 8.72. The lowest BCUT2D eigenvalue weighted by Crippen LogP contribution is -2.39. The summed E-state index contributed by atoms with van der Waals surface area (Å²) in [7, 11) is 0. The lowest BCUT2D eigenvalue weighted by molar-refractivity contribution is -0.146. The van der Waals surface area contributed by atoms with Gasteiger partial charge in [0.25, 0.3) is 0 Å². The van der Waals surface area contributed by atoms with E-state index in [0.29, 0.717) is 44.4 Å². The van der Waals surface area contributed by atoms with E-state index >= 15 is 0 Å². The maximum Gasteiger partial charge on any atom is 0.349 e. The molecular weight excluding hydrogens is 825 g/mol. The number of nitrogens with zero attached hydrogens (tertiary/aromatic N) is 2. The Kier molecular flexibility index (Phi) is 18.3. The van der Waals surface area contributed by atoms with Crippen LogP contribution in [0.2, 0.25) is 0 Å². The number of carbonyl (C=O) groups excluding carboxylic acids is 2. The largest absolute Gasteiger partial charge is 0.488 e. The second-order valence-electron chi connectivity index (χ2n) is 17.0. The highest BCUT2D eigenvalue weighted by Crippen LogP contribution is 2.51. The molecular formula is C57H64N2O7. The number of esters is 2. The third kappa shape index (κ3) is 13.1. The molecule has 3 atom stereocenters. The molecule has 9 heteroatoms. The lowest BCUT2D eigenvalue weighted by Gasteiger charge is -2.45. The molecule has 9 nitrogen and oxygen atoms in total. The van der Waals surface area contributed by atoms with Gasteiger partial charge >= 0.3 is 11.9 Å². The molecule has 0 saturated heterocycles. The molecule has 0 aromatic heterocycles. The second kappa shape index (κ2) is 24.7. The van der Waals surface area contributed by atoms with E-state index in [4.69, 9.17) is 23.7 Å². The molecule has 0 heterocycles. The Bertz CT molecular complexity index is 2370. The average Bonchev–Trinajstić information content (AvgIpc) is 3.35.